The molecule has 116 valence electrons. The number of nitrogens with one attached hydrogen (secondary N) is 1. The lowest BCUT2D eigenvalue weighted by Gasteiger charge is -2.09. The molecule has 0 fully saturated rings. The summed E-state index contributed by atoms with van der Waals surface area (Å²) in [7, 11) is 0. The normalized spacial score (nSPS) is 10.3. The number of rotatable bonds is 6. The molecule has 0 spiro atoms. The fourth-order valence-corrected chi connectivity index (χ4v) is 2.40. The molecule has 2 aromatic rings. The first kappa shape index (κ1) is 16.7. The van der Waals surface area contributed by atoms with Crippen molar-refractivity contribution in [3.8, 4) is 5.75 Å². The maximum Gasteiger partial charge on any atom is 0.224 e. The number of hydrogen-bond donors (Lipinski definition) is 1. The number of hydrogen-bond acceptors (Lipinski definition) is 2. The van der Waals surface area contributed by atoms with Crippen molar-refractivity contribution in [1.82, 2.24) is 0 Å². The number of para-hydroxylation sites is 1. The zero-order valence-electron chi connectivity index (χ0n) is 12.2. The van der Waals surface area contributed by atoms with E-state index < -0.39 is 0 Å². The number of ether oxygens (including phenoxy) is 1. The van der Waals surface area contributed by atoms with Crippen molar-refractivity contribution in [3.63, 3.8) is 0 Å². The van der Waals surface area contributed by atoms with E-state index in [1.807, 2.05) is 31.2 Å². The molecule has 1 N–H and O–H groups in total. The predicted molar refractivity (Wildman–Crippen MR) is 91.0 cm³/mol. The molecular weight excluding hydrogens is 321 g/mol. The minimum absolute atomic E-state index is 0.0277. The van der Waals surface area contributed by atoms with Crippen LogP contribution in [0.5, 0.6) is 5.75 Å². The van der Waals surface area contributed by atoms with Gasteiger partial charge in [-0.15, -0.1) is 0 Å². The molecule has 0 bridgehead atoms. The molecular formula is C17H17Cl2NO2. The van der Waals surface area contributed by atoms with Crippen molar-refractivity contribution in [2.45, 2.75) is 19.8 Å². The van der Waals surface area contributed by atoms with Crippen LogP contribution in [0.3, 0.4) is 0 Å². The number of carbonyl (C=O) groups is 1. The van der Waals surface area contributed by atoms with Gasteiger partial charge in [-0.3, -0.25) is 4.79 Å². The summed E-state index contributed by atoms with van der Waals surface area (Å²) in [5.41, 5.74) is 1.88. The zero-order valence-corrected chi connectivity index (χ0v) is 13.7. The van der Waals surface area contributed by atoms with Gasteiger partial charge in [0, 0.05) is 17.1 Å². The van der Waals surface area contributed by atoms with Crippen molar-refractivity contribution < 1.29 is 9.53 Å². The first-order chi connectivity index (χ1) is 10.6. The average Bonchev–Trinajstić information content (AvgIpc) is 2.48. The fraction of sp³-hybridized carbons (Fsp3) is 0.235. The first-order valence-electron chi connectivity index (χ1n) is 6.99. The molecule has 0 aromatic heterocycles. The van der Waals surface area contributed by atoms with Crippen molar-refractivity contribution in [2.75, 3.05) is 11.9 Å². The molecule has 2 rings (SSSR count). The maximum atomic E-state index is 11.9. The summed E-state index contributed by atoms with van der Waals surface area (Å²) in [6.07, 6.45) is 0.996. The van der Waals surface area contributed by atoms with E-state index in [-0.39, 0.29) is 5.91 Å². The Bertz CT molecular complexity index is 659. The lowest BCUT2D eigenvalue weighted by atomic mass is 10.2. The Balaban J connectivity index is 1.74. The molecule has 3 nitrogen and oxygen atoms in total. The summed E-state index contributed by atoms with van der Waals surface area (Å²) in [4.78, 5) is 11.9. The van der Waals surface area contributed by atoms with Crippen molar-refractivity contribution in [1.29, 1.82) is 0 Å². The minimum Gasteiger partial charge on any atom is -0.492 e. The van der Waals surface area contributed by atoms with E-state index >= 15 is 0 Å². The van der Waals surface area contributed by atoms with Gasteiger partial charge in [-0.05, 0) is 43.2 Å². The molecule has 0 saturated carbocycles. The van der Waals surface area contributed by atoms with E-state index in [2.05, 4.69) is 5.32 Å². The number of halogens is 2. The van der Waals surface area contributed by atoms with Crippen LogP contribution in [0.2, 0.25) is 10.0 Å². The molecule has 0 unspecified atom stereocenters. The minimum atomic E-state index is -0.0277. The Kier molecular flexibility index (Phi) is 6.10. The summed E-state index contributed by atoms with van der Waals surface area (Å²) >= 11 is 11.8. The third-order valence-electron chi connectivity index (χ3n) is 3.12. The monoisotopic (exact) mass is 337 g/mol. The van der Waals surface area contributed by atoms with E-state index in [0.717, 1.165) is 11.3 Å². The lowest BCUT2D eigenvalue weighted by Crippen LogP contribution is -2.13. The van der Waals surface area contributed by atoms with Gasteiger partial charge >= 0.3 is 0 Å². The third kappa shape index (κ3) is 4.93. The second-order valence-corrected chi connectivity index (χ2v) is 5.73. The zero-order chi connectivity index (χ0) is 15.9. The van der Waals surface area contributed by atoms with Crippen LogP contribution in [0.1, 0.15) is 18.4 Å². The number of aryl methyl sites for hydroxylation is 1. The second-order valence-electron chi connectivity index (χ2n) is 4.89. The lowest BCUT2D eigenvalue weighted by molar-refractivity contribution is -0.116. The molecule has 0 heterocycles. The molecule has 0 radical (unpaired) electrons. The summed E-state index contributed by atoms with van der Waals surface area (Å²) in [6, 6.07) is 12.7. The van der Waals surface area contributed by atoms with Gasteiger partial charge in [-0.25, -0.2) is 0 Å². The number of carbonyl (C=O) groups excluding carboxylic acids is 1. The Morgan fingerprint density at radius 2 is 1.95 bits per heavy atom. The van der Waals surface area contributed by atoms with Gasteiger partial charge < -0.3 is 10.1 Å². The van der Waals surface area contributed by atoms with Crippen molar-refractivity contribution >= 4 is 34.8 Å². The fourth-order valence-electron chi connectivity index (χ4n) is 1.93. The van der Waals surface area contributed by atoms with Crippen LogP contribution in [0.25, 0.3) is 0 Å². The molecule has 0 aliphatic carbocycles. The van der Waals surface area contributed by atoms with Crippen LogP contribution in [0.15, 0.2) is 42.5 Å². The molecule has 0 saturated heterocycles. The van der Waals surface area contributed by atoms with Crippen LogP contribution in [0, 0.1) is 6.92 Å². The summed E-state index contributed by atoms with van der Waals surface area (Å²) in [6.45, 7) is 2.38. The van der Waals surface area contributed by atoms with Crippen LogP contribution in [-0.4, -0.2) is 12.5 Å². The Labute approximate surface area is 140 Å². The largest absolute Gasteiger partial charge is 0.492 e. The second kappa shape index (κ2) is 8.06. The molecule has 2 aromatic carbocycles. The highest BCUT2D eigenvalue weighted by Gasteiger charge is 2.06. The van der Waals surface area contributed by atoms with E-state index in [0.29, 0.717) is 35.2 Å². The smallest absolute Gasteiger partial charge is 0.224 e. The quantitative estimate of drug-likeness (QED) is 0.744. The van der Waals surface area contributed by atoms with E-state index in [1.165, 1.54) is 0 Å². The van der Waals surface area contributed by atoms with Gasteiger partial charge in [0.2, 0.25) is 5.91 Å². The summed E-state index contributed by atoms with van der Waals surface area (Å²) in [5.74, 6) is 0.547. The SMILES string of the molecule is Cc1ccccc1NC(=O)CCCOc1ccc(Cl)cc1Cl. The van der Waals surface area contributed by atoms with Crippen molar-refractivity contribution in [3.05, 3.63) is 58.1 Å². The van der Waals surface area contributed by atoms with Crippen molar-refractivity contribution in [2.24, 2.45) is 0 Å². The van der Waals surface area contributed by atoms with Gasteiger partial charge in [0.05, 0.1) is 11.6 Å². The van der Waals surface area contributed by atoms with Gasteiger partial charge in [-0.2, -0.15) is 0 Å². The molecule has 0 aliphatic rings. The number of amides is 1. The molecule has 22 heavy (non-hydrogen) atoms. The standard InChI is InChI=1S/C17H17Cl2NO2/c1-12-5-2-3-6-15(12)20-17(21)7-4-10-22-16-9-8-13(18)11-14(16)19/h2-3,5-6,8-9,11H,4,7,10H2,1H3,(H,20,21). The van der Waals surface area contributed by atoms with E-state index in [9.17, 15) is 4.79 Å². The summed E-state index contributed by atoms with van der Waals surface area (Å²) in [5, 5.41) is 3.92. The molecule has 0 aliphatic heterocycles. The Hall–Kier alpha value is -1.71. The van der Waals surface area contributed by atoms with Gasteiger partial charge in [0.15, 0.2) is 0 Å². The third-order valence-corrected chi connectivity index (χ3v) is 3.65. The van der Waals surface area contributed by atoms with Gasteiger partial charge in [0.1, 0.15) is 5.75 Å². The van der Waals surface area contributed by atoms with E-state index in [4.69, 9.17) is 27.9 Å². The average molecular weight is 338 g/mol. The highest BCUT2D eigenvalue weighted by Crippen LogP contribution is 2.27. The van der Waals surface area contributed by atoms with Crippen LogP contribution >= 0.6 is 23.2 Å². The van der Waals surface area contributed by atoms with Crippen LogP contribution in [-0.2, 0) is 4.79 Å². The first-order valence-corrected chi connectivity index (χ1v) is 7.75. The summed E-state index contributed by atoms with van der Waals surface area (Å²) < 4.78 is 5.55. The molecule has 0 atom stereocenters. The highest BCUT2D eigenvalue weighted by atomic mass is 35.5. The molecule has 5 heteroatoms. The number of anilines is 1. The predicted octanol–water partition coefficient (Wildman–Crippen LogP) is 5.10. The Morgan fingerprint density at radius 3 is 2.68 bits per heavy atom. The van der Waals surface area contributed by atoms with Gasteiger partial charge in [-0.1, -0.05) is 41.4 Å². The highest BCUT2D eigenvalue weighted by molar-refractivity contribution is 6.35. The maximum absolute atomic E-state index is 11.9. The van der Waals surface area contributed by atoms with Crippen LogP contribution in [0.4, 0.5) is 5.69 Å². The number of benzene rings is 2. The Morgan fingerprint density at radius 1 is 1.18 bits per heavy atom. The van der Waals surface area contributed by atoms with Crippen LogP contribution < -0.4 is 10.1 Å². The molecule has 1 amide bonds. The van der Waals surface area contributed by atoms with Gasteiger partial charge in [0.25, 0.3) is 0 Å². The topological polar surface area (TPSA) is 38.3 Å². The van der Waals surface area contributed by atoms with E-state index in [1.54, 1.807) is 18.2 Å².